The molecule has 0 spiro atoms. The lowest BCUT2D eigenvalue weighted by Crippen LogP contribution is -2.26. The van der Waals surface area contributed by atoms with Crippen molar-refractivity contribution in [3.63, 3.8) is 0 Å². The molecule has 0 fully saturated rings. The van der Waals surface area contributed by atoms with Crippen LogP contribution in [-0.2, 0) is 9.53 Å². The first-order chi connectivity index (χ1) is 14.0. The SMILES string of the molecule is CCOC(=O)[C@H](C)Oc1ccc2c(c1)OC(=CC=Cc1ccccc1OC)C2=O. The molecule has 2 aromatic carbocycles. The van der Waals surface area contributed by atoms with Gasteiger partial charge in [0.25, 0.3) is 0 Å². The van der Waals surface area contributed by atoms with E-state index in [1.807, 2.05) is 30.3 Å². The van der Waals surface area contributed by atoms with Crippen LogP contribution < -0.4 is 14.2 Å². The van der Waals surface area contributed by atoms with Crippen molar-refractivity contribution in [2.75, 3.05) is 13.7 Å². The molecule has 0 aromatic heterocycles. The van der Waals surface area contributed by atoms with Crippen molar-refractivity contribution >= 4 is 17.8 Å². The lowest BCUT2D eigenvalue weighted by Gasteiger charge is -2.13. The molecule has 3 rings (SSSR count). The van der Waals surface area contributed by atoms with E-state index in [2.05, 4.69) is 0 Å². The second-order valence-corrected chi connectivity index (χ2v) is 6.23. The maximum atomic E-state index is 12.5. The van der Waals surface area contributed by atoms with Crippen LogP contribution in [0.25, 0.3) is 6.08 Å². The Bertz CT molecular complexity index is 973. The lowest BCUT2D eigenvalue weighted by molar-refractivity contribution is -0.150. The van der Waals surface area contributed by atoms with E-state index in [0.717, 1.165) is 11.3 Å². The van der Waals surface area contributed by atoms with Gasteiger partial charge in [0, 0.05) is 11.6 Å². The smallest absolute Gasteiger partial charge is 0.347 e. The van der Waals surface area contributed by atoms with Gasteiger partial charge in [0.05, 0.1) is 19.3 Å². The number of Topliss-reactive ketones (excluding diaryl/α,β-unsaturated/α-hetero) is 1. The monoisotopic (exact) mass is 394 g/mol. The zero-order valence-corrected chi connectivity index (χ0v) is 16.5. The zero-order valence-electron chi connectivity index (χ0n) is 16.5. The summed E-state index contributed by atoms with van der Waals surface area (Å²) >= 11 is 0. The second kappa shape index (κ2) is 9.10. The first kappa shape index (κ1) is 20.2. The molecule has 0 saturated heterocycles. The number of methoxy groups -OCH3 is 1. The predicted octanol–water partition coefficient (Wildman–Crippen LogP) is 4.20. The fraction of sp³-hybridized carbons (Fsp3) is 0.217. The summed E-state index contributed by atoms with van der Waals surface area (Å²) in [6, 6.07) is 12.4. The van der Waals surface area contributed by atoms with Crippen LogP contribution in [0.5, 0.6) is 17.2 Å². The normalized spacial score (nSPS) is 15.1. The van der Waals surface area contributed by atoms with E-state index in [0.29, 0.717) is 17.1 Å². The maximum absolute atomic E-state index is 12.5. The van der Waals surface area contributed by atoms with Crippen molar-refractivity contribution in [3.05, 3.63) is 71.5 Å². The number of esters is 1. The van der Waals surface area contributed by atoms with Gasteiger partial charge in [-0.15, -0.1) is 0 Å². The van der Waals surface area contributed by atoms with Gasteiger partial charge in [-0.3, -0.25) is 4.79 Å². The van der Waals surface area contributed by atoms with Crippen LogP contribution in [-0.4, -0.2) is 31.6 Å². The van der Waals surface area contributed by atoms with Gasteiger partial charge in [0.15, 0.2) is 11.9 Å². The van der Waals surface area contributed by atoms with Crippen LogP contribution in [0, 0.1) is 0 Å². The van der Waals surface area contributed by atoms with Crippen LogP contribution >= 0.6 is 0 Å². The minimum atomic E-state index is -0.760. The highest BCUT2D eigenvalue weighted by Crippen LogP contribution is 2.34. The summed E-state index contributed by atoms with van der Waals surface area (Å²) < 4.78 is 21.5. The molecular weight excluding hydrogens is 372 g/mol. The number of hydrogen-bond acceptors (Lipinski definition) is 6. The molecule has 1 atom stereocenters. The Morgan fingerprint density at radius 3 is 2.76 bits per heavy atom. The largest absolute Gasteiger partial charge is 0.496 e. The number of benzene rings is 2. The molecule has 0 aliphatic carbocycles. The first-order valence-corrected chi connectivity index (χ1v) is 9.24. The summed E-state index contributed by atoms with van der Waals surface area (Å²) in [6.07, 6.45) is 4.42. The fourth-order valence-electron chi connectivity index (χ4n) is 2.81. The van der Waals surface area contributed by atoms with E-state index in [1.54, 1.807) is 51.3 Å². The number of ketones is 1. The van der Waals surface area contributed by atoms with Gasteiger partial charge in [-0.2, -0.15) is 0 Å². The minimum absolute atomic E-state index is 0.210. The summed E-state index contributed by atoms with van der Waals surface area (Å²) in [5, 5.41) is 0. The molecule has 1 aliphatic rings. The van der Waals surface area contributed by atoms with Gasteiger partial charge in [-0.05, 0) is 38.1 Å². The second-order valence-electron chi connectivity index (χ2n) is 6.23. The van der Waals surface area contributed by atoms with Gasteiger partial charge >= 0.3 is 5.97 Å². The molecular formula is C23H22O6. The molecule has 150 valence electrons. The molecule has 0 radical (unpaired) electrons. The highest BCUT2D eigenvalue weighted by Gasteiger charge is 2.27. The van der Waals surface area contributed by atoms with Crippen LogP contribution in [0.2, 0.25) is 0 Å². The van der Waals surface area contributed by atoms with E-state index in [9.17, 15) is 9.59 Å². The van der Waals surface area contributed by atoms with E-state index in [4.69, 9.17) is 18.9 Å². The fourth-order valence-corrected chi connectivity index (χ4v) is 2.81. The Hall–Kier alpha value is -3.54. The van der Waals surface area contributed by atoms with Gasteiger partial charge in [-0.25, -0.2) is 4.79 Å². The molecule has 6 nitrogen and oxygen atoms in total. The number of rotatable bonds is 7. The number of allylic oxidation sites excluding steroid dienone is 3. The molecule has 0 unspecified atom stereocenters. The van der Waals surface area contributed by atoms with Crippen molar-refractivity contribution in [2.45, 2.75) is 20.0 Å². The Balaban J connectivity index is 1.72. The van der Waals surface area contributed by atoms with Crippen molar-refractivity contribution in [3.8, 4) is 17.2 Å². The third-order valence-electron chi connectivity index (χ3n) is 4.24. The number of para-hydroxylation sites is 1. The number of ether oxygens (including phenoxy) is 4. The molecule has 6 heteroatoms. The summed E-state index contributed by atoms with van der Waals surface area (Å²) in [5.74, 6) is 1.09. The highest BCUT2D eigenvalue weighted by molar-refractivity contribution is 6.12. The molecule has 29 heavy (non-hydrogen) atoms. The van der Waals surface area contributed by atoms with Gasteiger partial charge in [0.1, 0.15) is 17.2 Å². The van der Waals surface area contributed by atoms with Crippen molar-refractivity contribution in [1.82, 2.24) is 0 Å². The van der Waals surface area contributed by atoms with E-state index >= 15 is 0 Å². The average molecular weight is 394 g/mol. The van der Waals surface area contributed by atoms with E-state index < -0.39 is 12.1 Å². The zero-order chi connectivity index (χ0) is 20.8. The molecule has 0 amide bonds. The summed E-state index contributed by atoms with van der Waals surface area (Å²) in [4.78, 5) is 24.2. The number of carbonyl (C=O) groups is 2. The lowest BCUT2D eigenvalue weighted by atomic mass is 10.1. The van der Waals surface area contributed by atoms with Crippen molar-refractivity contribution in [1.29, 1.82) is 0 Å². The number of fused-ring (bicyclic) bond motifs is 1. The number of carbonyl (C=O) groups excluding carboxylic acids is 2. The van der Waals surface area contributed by atoms with Gasteiger partial charge < -0.3 is 18.9 Å². The molecule has 0 saturated carbocycles. The van der Waals surface area contributed by atoms with Gasteiger partial charge in [-0.1, -0.05) is 30.4 Å². The quantitative estimate of drug-likeness (QED) is 0.518. The van der Waals surface area contributed by atoms with Crippen molar-refractivity contribution in [2.24, 2.45) is 0 Å². The first-order valence-electron chi connectivity index (χ1n) is 9.24. The third kappa shape index (κ3) is 4.66. The Morgan fingerprint density at radius 1 is 1.21 bits per heavy atom. The molecule has 2 aromatic rings. The van der Waals surface area contributed by atoms with Crippen LogP contribution in [0.15, 0.2) is 60.4 Å². The molecule has 0 N–H and O–H groups in total. The highest BCUT2D eigenvalue weighted by atomic mass is 16.6. The number of hydrogen-bond donors (Lipinski definition) is 0. The molecule has 1 aliphatic heterocycles. The topological polar surface area (TPSA) is 71.1 Å². The van der Waals surface area contributed by atoms with E-state index in [1.165, 1.54) is 0 Å². The van der Waals surface area contributed by atoms with E-state index in [-0.39, 0.29) is 18.1 Å². The van der Waals surface area contributed by atoms with Gasteiger partial charge in [0.2, 0.25) is 5.78 Å². The maximum Gasteiger partial charge on any atom is 0.347 e. The van der Waals surface area contributed by atoms with Crippen molar-refractivity contribution < 1.29 is 28.5 Å². The summed E-state index contributed by atoms with van der Waals surface area (Å²) in [6.45, 7) is 3.62. The van der Waals surface area contributed by atoms with Crippen LogP contribution in [0.3, 0.4) is 0 Å². The van der Waals surface area contributed by atoms with Crippen LogP contribution in [0.4, 0.5) is 0 Å². The Labute approximate surface area is 169 Å². The third-order valence-corrected chi connectivity index (χ3v) is 4.24. The molecule has 0 bridgehead atoms. The standard InChI is InChI=1S/C23H22O6/c1-4-27-23(25)15(2)28-17-12-13-18-21(14-17)29-20(22(18)24)11-7-9-16-8-5-6-10-19(16)26-3/h5-15H,4H2,1-3H3/t15-/m0/s1. The summed E-state index contributed by atoms with van der Waals surface area (Å²) in [5.41, 5.74) is 1.33. The Morgan fingerprint density at radius 2 is 2.00 bits per heavy atom. The Kier molecular flexibility index (Phi) is 6.34. The average Bonchev–Trinajstić information content (AvgIpc) is 3.03. The minimum Gasteiger partial charge on any atom is -0.496 e. The van der Waals surface area contributed by atoms with Crippen LogP contribution in [0.1, 0.15) is 29.8 Å². The summed E-state index contributed by atoms with van der Waals surface area (Å²) in [7, 11) is 1.61. The molecule has 1 heterocycles. The predicted molar refractivity (Wildman–Crippen MR) is 108 cm³/mol.